The second-order valence-electron chi connectivity index (χ2n) is 4.13. The van der Waals surface area contributed by atoms with Crippen molar-refractivity contribution in [3.8, 4) is 17.1 Å². The normalized spacial score (nSPS) is 10.7. The number of benzene rings is 1. The van der Waals surface area contributed by atoms with Gasteiger partial charge in [-0.1, -0.05) is 0 Å². The van der Waals surface area contributed by atoms with Crippen molar-refractivity contribution < 1.29 is 18.3 Å². The van der Waals surface area contributed by atoms with Gasteiger partial charge in [0.2, 0.25) is 0 Å². The SMILES string of the molecule is CC(C)Oc1ccc(F)cc1-c1ccc(C=O)o1. The predicted octanol–water partition coefficient (Wildman–Crippen LogP) is 3.69. The Balaban J connectivity index is 2.46. The summed E-state index contributed by atoms with van der Waals surface area (Å²) in [5.74, 6) is 0.750. The van der Waals surface area contributed by atoms with E-state index in [2.05, 4.69) is 0 Å². The van der Waals surface area contributed by atoms with Crippen molar-refractivity contribution in [3.63, 3.8) is 0 Å². The Bertz CT molecular complexity index is 558. The fraction of sp³-hybridized carbons (Fsp3) is 0.214. The van der Waals surface area contributed by atoms with Crippen LogP contribution in [0.15, 0.2) is 34.7 Å². The van der Waals surface area contributed by atoms with Gasteiger partial charge in [0.25, 0.3) is 0 Å². The molecule has 0 bridgehead atoms. The zero-order chi connectivity index (χ0) is 13.1. The standard InChI is InChI=1S/C14H13FO3/c1-9(2)17-13-5-3-10(15)7-12(13)14-6-4-11(8-16)18-14/h3-9H,1-2H3. The minimum Gasteiger partial charge on any atom is -0.490 e. The lowest BCUT2D eigenvalue weighted by molar-refractivity contribution is 0.110. The molecule has 0 N–H and O–H groups in total. The molecule has 0 spiro atoms. The van der Waals surface area contributed by atoms with Gasteiger partial charge in [0.15, 0.2) is 12.0 Å². The van der Waals surface area contributed by atoms with Gasteiger partial charge < -0.3 is 9.15 Å². The van der Waals surface area contributed by atoms with Crippen molar-refractivity contribution in [2.75, 3.05) is 0 Å². The van der Waals surface area contributed by atoms with E-state index in [1.807, 2.05) is 13.8 Å². The van der Waals surface area contributed by atoms with E-state index in [-0.39, 0.29) is 17.7 Å². The largest absolute Gasteiger partial charge is 0.490 e. The van der Waals surface area contributed by atoms with Gasteiger partial charge in [-0.05, 0) is 44.2 Å². The molecule has 0 atom stereocenters. The molecule has 0 saturated carbocycles. The molecule has 0 aliphatic heterocycles. The first-order chi connectivity index (χ1) is 8.60. The lowest BCUT2D eigenvalue weighted by atomic mass is 10.1. The van der Waals surface area contributed by atoms with Crippen molar-refractivity contribution in [1.29, 1.82) is 0 Å². The zero-order valence-electron chi connectivity index (χ0n) is 10.1. The Kier molecular flexibility index (Phi) is 3.46. The van der Waals surface area contributed by atoms with Crippen molar-refractivity contribution in [1.82, 2.24) is 0 Å². The molecule has 0 radical (unpaired) electrons. The molecule has 18 heavy (non-hydrogen) atoms. The van der Waals surface area contributed by atoms with Crippen molar-refractivity contribution in [2.24, 2.45) is 0 Å². The second kappa shape index (κ2) is 5.04. The Morgan fingerprint density at radius 3 is 2.67 bits per heavy atom. The molecule has 3 nitrogen and oxygen atoms in total. The van der Waals surface area contributed by atoms with E-state index in [0.29, 0.717) is 23.4 Å². The third-order valence-corrected chi connectivity index (χ3v) is 2.31. The Hall–Kier alpha value is -2.10. The van der Waals surface area contributed by atoms with E-state index >= 15 is 0 Å². The highest BCUT2D eigenvalue weighted by atomic mass is 19.1. The van der Waals surface area contributed by atoms with E-state index in [1.165, 1.54) is 18.2 Å². The van der Waals surface area contributed by atoms with E-state index < -0.39 is 0 Å². The number of furan rings is 1. The number of carbonyl (C=O) groups excluding carboxylic acids is 1. The third-order valence-electron chi connectivity index (χ3n) is 2.31. The third kappa shape index (κ3) is 2.59. The molecule has 4 heteroatoms. The topological polar surface area (TPSA) is 39.4 Å². The minimum atomic E-state index is -0.384. The van der Waals surface area contributed by atoms with Crippen molar-refractivity contribution in [3.05, 3.63) is 41.9 Å². The van der Waals surface area contributed by atoms with Crippen LogP contribution in [0.4, 0.5) is 4.39 Å². The monoisotopic (exact) mass is 248 g/mol. The van der Waals surface area contributed by atoms with E-state index in [1.54, 1.807) is 12.1 Å². The molecule has 1 aromatic heterocycles. The van der Waals surface area contributed by atoms with Gasteiger partial charge in [-0.15, -0.1) is 0 Å². The fourth-order valence-corrected chi connectivity index (χ4v) is 1.61. The summed E-state index contributed by atoms with van der Waals surface area (Å²) in [6.45, 7) is 3.76. The summed E-state index contributed by atoms with van der Waals surface area (Å²) in [5.41, 5.74) is 0.497. The summed E-state index contributed by atoms with van der Waals surface area (Å²) in [6, 6.07) is 7.35. The van der Waals surface area contributed by atoms with E-state index in [0.717, 1.165) is 0 Å². The van der Waals surface area contributed by atoms with Gasteiger partial charge in [-0.3, -0.25) is 4.79 Å². The fourth-order valence-electron chi connectivity index (χ4n) is 1.61. The van der Waals surface area contributed by atoms with Gasteiger partial charge in [0.1, 0.15) is 17.3 Å². The molecule has 0 amide bonds. The van der Waals surface area contributed by atoms with Crippen LogP contribution in [-0.2, 0) is 0 Å². The van der Waals surface area contributed by atoms with Gasteiger partial charge in [-0.2, -0.15) is 0 Å². The molecule has 0 fully saturated rings. The average Bonchev–Trinajstić information content (AvgIpc) is 2.79. The number of rotatable bonds is 4. The number of aldehydes is 1. The summed E-state index contributed by atoms with van der Waals surface area (Å²) in [5, 5.41) is 0. The van der Waals surface area contributed by atoms with Gasteiger partial charge in [0.05, 0.1) is 11.7 Å². The summed E-state index contributed by atoms with van der Waals surface area (Å²) in [7, 11) is 0. The minimum absolute atomic E-state index is 0.0327. The molecular formula is C14H13FO3. The molecular weight excluding hydrogens is 235 g/mol. The highest BCUT2D eigenvalue weighted by Crippen LogP contribution is 2.32. The average molecular weight is 248 g/mol. The number of hydrogen-bond donors (Lipinski definition) is 0. The lowest BCUT2D eigenvalue weighted by Crippen LogP contribution is -2.06. The van der Waals surface area contributed by atoms with E-state index in [4.69, 9.17) is 9.15 Å². The Labute approximate surface area is 104 Å². The van der Waals surface area contributed by atoms with Crippen LogP contribution in [0.5, 0.6) is 5.75 Å². The summed E-state index contributed by atoms with van der Waals surface area (Å²) >= 11 is 0. The van der Waals surface area contributed by atoms with Crippen molar-refractivity contribution >= 4 is 6.29 Å². The zero-order valence-corrected chi connectivity index (χ0v) is 10.1. The molecule has 2 rings (SSSR count). The maximum atomic E-state index is 13.3. The van der Waals surface area contributed by atoms with Crippen LogP contribution >= 0.6 is 0 Å². The maximum absolute atomic E-state index is 13.3. The van der Waals surface area contributed by atoms with Gasteiger partial charge in [-0.25, -0.2) is 4.39 Å². The Morgan fingerprint density at radius 2 is 2.06 bits per heavy atom. The smallest absolute Gasteiger partial charge is 0.185 e. The summed E-state index contributed by atoms with van der Waals surface area (Å²) in [4.78, 5) is 10.6. The number of carbonyl (C=O) groups is 1. The summed E-state index contributed by atoms with van der Waals surface area (Å²) < 4.78 is 24.2. The molecule has 1 heterocycles. The summed E-state index contributed by atoms with van der Waals surface area (Å²) in [6.07, 6.45) is 0.570. The highest BCUT2D eigenvalue weighted by Gasteiger charge is 2.13. The van der Waals surface area contributed by atoms with Crippen molar-refractivity contribution in [2.45, 2.75) is 20.0 Å². The molecule has 2 aromatic rings. The first kappa shape index (κ1) is 12.4. The quantitative estimate of drug-likeness (QED) is 0.775. The van der Waals surface area contributed by atoms with Crippen LogP contribution in [-0.4, -0.2) is 12.4 Å². The van der Waals surface area contributed by atoms with Crippen LogP contribution in [0.2, 0.25) is 0 Å². The molecule has 0 saturated heterocycles. The lowest BCUT2D eigenvalue weighted by Gasteiger charge is -2.13. The first-order valence-electron chi connectivity index (χ1n) is 5.61. The first-order valence-corrected chi connectivity index (χ1v) is 5.61. The van der Waals surface area contributed by atoms with Crippen LogP contribution in [0.3, 0.4) is 0 Å². The molecule has 94 valence electrons. The van der Waals surface area contributed by atoms with Crippen LogP contribution in [0.25, 0.3) is 11.3 Å². The van der Waals surface area contributed by atoms with Crippen LogP contribution in [0.1, 0.15) is 24.4 Å². The van der Waals surface area contributed by atoms with Gasteiger partial charge in [0, 0.05) is 0 Å². The van der Waals surface area contributed by atoms with Gasteiger partial charge >= 0.3 is 0 Å². The molecule has 1 aromatic carbocycles. The highest BCUT2D eigenvalue weighted by molar-refractivity contribution is 5.74. The maximum Gasteiger partial charge on any atom is 0.185 e. The van der Waals surface area contributed by atoms with Crippen LogP contribution in [0, 0.1) is 5.82 Å². The molecule has 0 aliphatic rings. The molecule has 0 aliphatic carbocycles. The number of ether oxygens (including phenoxy) is 1. The molecule has 0 unspecified atom stereocenters. The Morgan fingerprint density at radius 1 is 1.28 bits per heavy atom. The predicted molar refractivity (Wildman–Crippen MR) is 65.3 cm³/mol. The second-order valence-corrected chi connectivity index (χ2v) is 4.13. The number of halogens is 1. The van der Waals surface area contributed by atoms with Crippen LogP contribution < -0.4 is 4.74 Å². The van der Waals surface area contributed by atoms with E-state index in [9.17, 15) is 9.18 Å². The number of hydrogen-bond acceptors (Lipinski definition) is 3.